The molecule has 0 saturated carbocycles. The molecule has 1 nitrogen and oxygen atoms in total. The fourth-order valence-electron chi connectivity index (χ4n) is 2.35. The second kappa shape index (κ2) is 1.79. The summed E-state index contributed by atoms with van der Waals surface area (Å²) >= 11 is 0. The minimum atomic E-state index is 0.853. The zero-order valence-electron chi connectivity index (χ0n) is 6.46. The van der Waals surface area contributed by atoms with Gasteiger partial charge in [-0.2, -0.15) is 0 Å². The molecule has 1 unspecified atom stereocenters. The Balaban J connectivity index is 2.23. The van der Waals surface area contributed by atoms with Crippen LogP contribution < -0.4 is 4.90 Å². The fraction of sp³-hybridized carbons (Fsp3) is 0.400. The Kier molecular flexibility index (Phi) is 0.916. The summed E-state index contributed by atoms with van der Waals surface area (Å²) in [6.07, 6.45) is 1.37. The van der Waals surface area contributed by atoms with Crippen molar-refractivity contribution in [3.8, 4) is 0 Å². The zero-order chi connectivity index (χ0) is 7.26. The van der Waals surface area contributed by atoms with Crippen LogP contribution in [0, 0.1) is 0 Å². The Morgan fingerprint density at radius 3 is 3.09 bits per heavy atom. The monoisotopic (exact) mass is 145 g/mol. The van der Waals surface area contributed by atoms with E-state index >= 15 is 0 Å². The first-order chi connectivity index (χ1) is 5.45. The quantitative estimate of drug-likeness (QED) is 0.539. The molecule has 0 N–H and O–H groups in total. The van der Waals surface area contributed by atoms with Crippen LogP contribution in [0.3, 0.4) is 0 Å². The largest absolute Gasteiger partial charge is 0.371 e. The Hall–Kier alpha value is -0.980. The predicted molar refractivity (Wildman–Crippen MR) is 46.0 cm³/mol. The standard InChI is InChI=1S/C10H11N/c1-2-4-10-9(3-1)8-5-6-11(10)7-8/h1-4,8H,5-7H2. The van der Waals surface area contributed by atoms with Gasteiger partial charge in [0.2, 0.25) is 0 Å². The average molecular weight is 145 g/mol. The van der Waals surface area contributed by atoms with Crippen molar-refractivity contribution in [2.75, 3.05) is 18.0 Å². The van der Waals surface area contributed by atoms with Gasteiger partial charge in [-0.1, -0.05) is 18.2 Å². The van der Waals surface area contributed by atoms with Gasteiger partial charge in [-0.05, 0) is 18.1 Å². The van der Waals surface area contributed by atoms with Crippen molar-refractivity contribution in [2.45, 2.75) is 12.3 Å². The fourth-order valence-corrected chi connectivity index (χ4v) is 2.35. The van der Waals surface area contributed by atoms with E-state index in [1.165, 1.54) is 25.2 Å². The third-order valence-corrected chi connectivity index (χ3v) is 2.91. The van der Waals surface area contributed by atoms with E-state index in [2.05, 4.69) is 29.2 Å². The van der Waals surface area contributed by atoms with E-state index in [-0.39, 0.29) is 0 Å². The smallest absolute Gasteiger partial charge is 0.0402 e. The van der Waals surface area contributed by atoms with Gasteiger partial charge in [-0.3, -0.25) is 0 Å². The van der Waals surface area contributed by atoms with Crippen molar-refractivity contribution in [1.29, 1.82) is 0 Å². The number of fused-ring (bicyclic) bond motifs is 5. The molecular formula is C10H11N. The number of hydrogen-bond acceptors (Lipinski definition) is 1. The van der Waals surface area contributed by atoms with E-state index in [9.17, 15) is 0 Å². The lowest BCUT2D eigenvalue weighted by Crippen LogP contribution is -2.15. The van der Waals surface area contributed by atoms with E-state index in [4.69, 9.17) is 0 Å². The van der Waals surface area contributed by atoms with Gasteiger partial charge in [0.25, 0.3) is 0 Å². The van der Waals surface area contributed by atoms with E-state index in [1.54, 1.807) is 5.56 Å². The molecule has 1 heteroatoms. The zero-order valence-corrected chi connectivity index (χ0v) is 6.46. The van der Waals surface area contributed by atoms with Gasteiger partial charge in [-0.25, -0.2) is 0 Å². The Morgan fingerprint density at radius 2 is 2.18 bits per heavy atom. The topological polar surface area (TPSA) is 3.24 Å². The molecule has 3 rings (SSSR count). The van der Waals surface area contributed by atoms with Crippen molar-refractivity contribution in [2.24, 2.45) is 0 Å². The lowest BCUT2D eigenvalue weighted by molar-refractivity contribution is 0.788. The van der Waals surface area contributed by atoms with Crippen molar-refractivity contribution in [1.82, 2.24) is 0 Å². The molecule has 2 aliphatic heterocycles. The number of hydrogen-bond donors (Lipinski definition) is 0. The molecule has 2 heterocycles. The molecule has 2 bridgehead atoms. The average Bonchev–Trinajstić information content (AvgIpc) is 2.64. The van der Waals surface area contributed by atoms with Gasteiger partial charge in [0.15, 0.2) is 0 Å². The van der Waals surface area contributed by atoms with E-state index < -0.39 is 0 Å². The summed E-state index contributed by atoms with van der Waals surface area (Å²) in [6, 6.07) is 8.81. The van der Waals surface area contributed by atoms with Crippen LogP contribution in [-0.2, 0) is 0 Å². The number of rotatable bonds is 0. The molecule has 2 aliphatic rings. The maximum atomic E-state index is 2.50. The summed E-state index contributed by atoms with van der Waals surface area (Å²) in [5.41, 5.74) is 3.07. The van der Waals surface area contributed by atoms with E-state index in [1.807, 2.05) is 0 Å². The molecular weight excluding hydrogens is 134 g/mol. The summed E-state index contributed by atoms with van der Waals surface area (Å²) in [4.78, 5) is 2.50. The molecule has 11 heavy (non-hydrogen) atoms. The van der Waals surface area contributed by atoms with Crippen LogP contribution in [0.4, 0.5) is 5.69 Å². The molecule has 0 spiro atoms. The second-order valence-corrected chi connectivity index (χ2v) is 3.49. The summed E-state index contributed by atoms with van der Waals surface area (Å²) in [7, 11) is 0. The summed E-state index contributed by atoms with van der Waals surface area (Å²) in [5.74, 6) is 0.853. The Morgan fingerprint density at radius 1 is 1.27 bits per heavy atom. The number of nitrogens with zero attached hydrogens (tertiary/aromatic N) is 1. The highest BCUT2D eigenvalue weighted by Crippen LogP contribution is 2.42. The van der Waals surface area contributed by atoms with Crippen molar-refractivity contribution in [3.63, 3.8) is 0 Å². The van der Waals surface area contributed by atoms with Crippen LogP contribution in [-0.4, -0.2) is 13.1 Å². The van der Waals surface area contributed by atoms with Crippen LogP contribution in [0.25, 0.3) is 0 Å². The van der Waals surface area contributed by atoms with Crippen molar-refractivity contribution >= 4 is 5.69 Å². The lowest BCUT2D eigenvalue weighted by atomic mass is 9.98. The molecule has 1 aromatic carbocycles. The summed E-state index contributed by atoms with van der Waals surface area (Å²) < 4.78 is 0. The maximum Gasteiger partial charge on any atom is 0.0402 e. The first kappa shape index (κ1) is 5.64. The maximum absolute atomic E-state index is 2.50. The van der Waals surface area contributed by atoms with Crippen LogP contribution >= 0.6 is 0 Å². The third kappa shape index (κ3) is 0.609. The summed E-state index contributed by atoms with van der Waals surface area (Å²) in [6.45, 7) is 2.56. The first-order valence-electron chi connectivity index (χ1n) is 4.29. The van der Waals surface area contributed by atoms with Crippen LogP contribution in [0.5, 0.6) is 0 Å². The minimum absolute atomic E-state index is 0.853. The third-order valence-electron chi connectivity index (χ3n) is 2.91. The minimum Gasteiger partial charge on any atom is -0.371 e. The highest BCUT2D eigenvalue weighted by molar-refractivity contribution is 5.62. The first-order valence-corrected chi connectivity index (χ1v) is 4.29. The molecule has 0 aromatic heterocycles. The van der Waals surface area contributed by atoms with Gasteiger partial charge < -0.3 is 4.90 Å². The lowest BCUT2D eigenvalue weighted by Gasteiger charge is -2.17. The Labute approximate surface area is 66.6 Å². The highest BCUT2D eigenvalue weighted by Gasteiger charge is 2.33. The second-order valence-electron chi connectivity index (χ2n) is 3.49. The molecule has 56 valence electrons. The SMILES string of the molecule is c1ccc2c(c1)C1CCN2C1. The Bertz CT molecular complexity index is 264. The number of anilines is 1. The van der Waals surface area contributed by atoms with E-state index in [0.717, 1.165) is 5.92 Å². The van der Waals surface area contributed by atoms with Gasteiger partial charge in [-0.15, -0.1) is 0 Å². The number of benzene rings is 1. The van der Waals surface area contributed by atoms with Crippen molar-refractivity contribution in [3.05, 3.63) is 29.8 Å². The normalized spacial score (nSPS) is 25.8. The molecule has 1 aromatic rings. The molecule has 0 radical (unpaired) electrons. The van der Waals surface area contributed by atoms with Gasteiger partial charge in [0.1, 0.15) is 0 Å². The molecule has 1 saturated heterocycles. The van der Waals surface area contributed by atoms with Crippen molar-refractivity contribution < 1.29 is 0 Å². The van der Waals surface area contributed by atoms with E-state index in [0.29, 0.717) is 0 Å². The number of para-hydroxylation sites is 1. The molecule has 0 aliphatic carbocycles. The van der Waals surface area contributed by atoms with Crippen LogP contribution in [0.1, 0.15) is 17.9 Å². The van der Waals surface area contributed by atoms with Gasteiger partial charge >= 0.3 is 0 Å². The molecule has 0 amide bonds. The molecule has 1 fully saturated rings. The predicted octanol–water partition coefficient (Wildman–Crippen LogP) is 1.99. The highest BCUT2D eigenvalue weighted by atomic mass is 15.2. The molecule has 1 atom stereocenters. The van der Waals surface area contributed by atoms with Gasteiger partial charge in [0.05, 0.1) is 0 Å². The summed E-state index contributed by atoms with van der Waals surface area (Å²) in [5, 5.41) is 0. The van der Waals surface area contributed by atoms with Crippen LogP contribution in [0.15, 0.2) is 24.3 Å². The van der Waals surface area contributed by atoms with Crippen LogP contribution in [0.2, 0.25) is 0 Å². The van der Waals surface area contributed by atoms with Gasteiger partial charge in [0, 0.05) is 24.7 Å².